The third-order valence-corrected chi connectivity index (χ3v) is 5.82. The van der Waals surface area contributed by atoms with Gasteiger partial charge in [-0.05, 0) is 55.0 Å². The number of fused-ring (bicyclic) bond motifs is 1. The number of carbonyl (C=O) groups is 2. The summed E-state index contributed by atoms with van der Waals surface area (Å²) < 4.78 is 0. The molecule has 114 valence electrons. The van der Waals surface area contributed by atoms with Crippen LogP contribution in [0.5, 0.6) is 0 Å². The minimum Gasteiger partial charge on any atom is -0.481 e. The van der Waals surface area contributed by atoms with E-state index in [4.69, 9.17) is 0 Å². The fourth-order valence-corrected chi connectivity index (χ4v) is 4.76. The van der Waals surface area contributed by atoms with Gasteiger partial charge in [0.25, 0.3) is 0 Å². The van der Waals surface area contributed by atoms with Crippen LogP contribution in [0, 0.1) is 17.8 Å². The zero-order chi connectivity index (χ0) is 15.0. The number of aliphatic carboxylic acids is 1. The first-order chi connectivity index (χ1) is 10.1. The lowest BCUT2D eigenvalue weighted by molar-refractivity contribution is -0.146. The van der Waals surface area contributed by atoms with E-state index in [2.05, 4.69) is 16.8 Å². The summed E-state index contributed by atoms with van der Waals surface area (Å²) >= 11 is 1.75. The first-order valence-electron chi connectivity index (χ1n) is 7.65. The van der Waals surface area contributed by atoms with E-state index in [-0.39, 0.29) is 17.9 Å². The minimum absolute atomic E-state index is 0.0675. The molecule has 2 aliphatic carbocycles. The first kappa shape index (κ1) is 14.6. The fourth-order valence-electron chi connectivity index (χ4n) is 3.77. The van der Waals surface area contributed by atoms with Crippen molar-refractivity contribution in [3.63, 3.8) is 0 Å². The Kier molecular flexibility index (Phi) is 4.02. The quantitative estimate of drug-likeness (QED) is 0.902. The van der Waals surface area contributed by atoms with Crippen molar-refractivity contribution in [1.29, 1.82) is 0 Å². The summed E-state index contributed by atoms with van der Waals surface area (Å²) in [5.41, 5.74) is 1.23. The van der Waals surface area contributed by atoms with Crippen LogP contribution in [0.3, 0.4) is 0 Å². The van der Waals surface area contributed by atoms with Crippen molar-refractivity contribution >= 4 is 23.2 Å². The van der Waals surface area contributed by atoms with Gasteiger partial charge in [0.2, 0.25) is 5.91 Å². The van der Waals surface area contributed by atoms with E-state index in [1.807, 2.05) is 6.92 Å². The highest BCUT2D eigenvalue weighted by Gasteiger charge is 2.41. The number of hydrogen-bond donors (Lipinski definition) is 2. The predicted molar refractivity (Wildman–Crippen MR) is 81.2 cm³/mol. The van der Waals surface area contributed by atoms with Crippen LogP contribution in [0.15, 0.2) is 11.4 Å². The highest BCUT2D eigenvalue weighted by Crippen LogP contribution is 2.38. The van der Waals surface area contributed by atoms with Gasteiger partial charge in [-0.3, -0.25) is 9.59 Å². The largest absolute Gasteiger partial charge is 0.481 e. The number of rotatable bonds is 3. The van der Waals surface area contributed by atoms with E-state index >= 15 is 0 Å². The Morgan fingerprint density at radius 3 is 2.86 bits per heavy atom. The highest BCUT2D eigenvalue weighted by molar-refractivity contribution is 7.10. The molecule has 5 heteroatoms. The van der Waals surface area contributed by atoms with Gasteiger partial charge < -0.3 is 10.4 Å². The van der Waals surface area contributed by atoms with E-state index < -0.39 is 11.9 Å². The molecule has 2 aliphatic rings. The molecule has 1 heterocycles. The molecule has 0 bridgehead atoms. The van der Waals surface area contributed by atoms with E-state index in [1.54, 1.807) is 11.3 Å². The lowest BCUT2D eigenvalue weighted by atomic mass is 9.91. The van der Waals surface area contributed by atoms with Gasteiger partial charge in [0.15, 0.2) is 0 Å². The summed E-state index contributed by atoms with van der Waals surface area (Å²) in [5, 5.41) is 14.5. The molecule has 0 radical (unpaired) electrons. The number of thiophene rings is 1. The number of carboxylic acids is 1. The van der Waals surface area contributed by atoms with Crippen LogP contribution in [-0.2, 0) is 16.0 Å². The van der Waals surface area contributed by atoms with Crippen molar-refractivity contribution in [2.45, 2.75) is 45.1 Å². The fraction of sp³-hybridized carbons (Fsp3) is 0.625. The van der Waals surface area contributed by atoms with Crippen molar-refractivity contribution < 1.29 is 14.7 Å². The Morgan fingerprint density at radius 2 is 2.10 bits per heavy atom. The zero-order valence-corrected chi connectivity index (χ0v) is 13.0. The SMILES string of the molecule is CC1C[C@H](C(=O)NC2CCCc3sccc32)[C@H](C(=O)O)C1. The molecule has 0 saturated heterocycles. The second-order valence-electron chi connectivity index (χ2n) is 6.38. The van der Waals surface area contributed by atoms with Gasteiger partial charge in [-0.2, -0.15) is 0 Å². The molecule has 0 aromatic carbocycles. The van der Waals surface area contributed by atoms with Gasteiger partial charge in [0.1, 0.15) is 0 Å². The summed E-state index contributed by atoms with van der Waals surface area (Å²) in [6.45, 7) is 2.03. The van der Waals surface area contributed by atoms with Gasteiger partial charge in [-0.25, -0.2) is 0 Å². The van der Waals surface area contributed by atoms with Crippen molar-refractivity contribution in [2.24, 2.45) is 17.8 Å². The Labute approximate surface area is 128 Å². The second kappa shape index (κ2) is 5.79. The molecule has 4 nitrogen and oxygen atoms in total. The molecule has 2 unspecified atom stereocenters. The Morgan fingerprint density at radius 1 is 1.33 bits per heavy atom. The number of amides is 1. The van der Waals surface area contributed by atoms with Crippen LogP contribution >= 0.6 is 11.3 Å². The van der Waals surface area contributed by atoms with Crippen LogP contribution in [-0.4, -0.2) is 17.0 Å². The van der Waals surface area contributed by atoms with E-state index in [9.17, 15) is 14.7 Å². The lowest BCUT2D eigenvalue weighted by Crippen LogP contribution is -2.38. The molecule has 21 heavy (non-hydrogen) atoms. The Hall–Kier alpha value is -1.36. The van der Waals surface area contributed by atoms with E-state index in [1.165, 1.54) is 10.4 Å². The van der Waals surface area contributed by atoms with Gasteiger partial charge in [0.05, 0.1) is 17.9 Å². The molecule has 1 amide bonds. The van der Waals surface area contributed by atoms with Crippen molar-refractivity contribution in [1.82, 2.24) is 5.32 Å². The number of carboxylic acid groups (broad SMARTS) is 1. The number of aryl methyl sites for hydroxylation is 1. The van der Waals surface area contributed by atoms with Gasteiger partial charge >= 0.3 is 5.97 Å². The molecule has 0 spiro atoms. The lowest BCUT2D eigenvalue weighted by Gasteiger charge is -2.26. The molecule has 1 saturated carbocycles. The smallest absolute Gasteiger partial charge is 0.307 e. The van der Waals surface area contributed by atoms with E-state index in [0.717, 1.165) is 19.3 Å². The zero-order valence-electron chi connectivity index (χ0n) is 12.2. The van der Waals surface area contributed by atoms with Crippen LogP contribution in [0.25, 0.3) is 0 Å². The van der Waals surface area contributed by atoms with Gasteiger partial charge in [-0.1, -0.05) is 6.92 Å². The molecular weight excluding hydrogens is 286 g/mol. The van der Waals surface area contributed by atoms with Crippen molar-refractivity contribution in [3.8, 4) is 0 Å². The predicted octanol–water partition coefficient (Wildman–Crippen LogP) is 2.99. The molecule has 4 atom stereocenters. The van der Waals surface area contributed by atoms with Gasteiger partial charge in [0, 0.05) is 4.88 Å². The maximum absolute atomic E-state index is 12.5. The molecule has 0 aliphatic heterocycles. The van der Waals surface area contributed by atoms with Crippen LogP contribution in [0.1, 0.15) is 49.1 Å². The summed E-state index contributed by atoms with van der Waals surface area (Å²) in [6.07, 6.45) is 4.43. The maximum atomic E-state index is 12.5. The van der Waals surface area contributed by atoms with Gasteiger partial charge in [-0.15, -0.1) is 11.3 Å². The molecular formula is C16H21NO3S. The maximum Gasteiger partial charge on any atom is 0.307 e. The van der Waals surface area contributed by atoms with Crippen molar-refractivity contribution in [2.75, 3.05) is 0 Å². The molecule has 2 N–H and O–H groups in total. The number of nitrogens with one attached hydrogen (secondary N) is 1. The molecule has 1 aromatic heterocycles. The molecule has 1 fully saturated rings. The third-order valence-electron chi connectivity index (χ3n) is 4.82. The standard InChI is InChI=1S/C16H21NO3S/c1-9-7-11(12(8-9)16(19)20)15(18)17-13-3-2-4-14-10(13)5-6-21-14/h5-6,9,11-13H,2-4,7-8H2,1H3,(H,17,18)(H,19,20)/t9?,11-,12+,13?/m0/s1. The number of hydrogen-bond acceptors (Lipinski definition) is 3. The molecule has 1 aromatic rings. The number of carbonyl (C=O) groups excluding carboxylic acids is 1. The third kappa shape index (κ3) is 2.84. The Balaban J connectivity index is 1.71. The summed E-state index contributed by atoms with van der Waals surface area (Å²) in [7, 11) is 0. The first-order valence-corrected chi connectivity index (χ1v) is 8.53. The van der Waals surface area contributed by atoms with Crippen molar-refractivity contribution in [3.05, 3.63) is 21.9 Å². The Bertz CT molecular complexity index is 553. The molecule has 3 rings (SSSR count). The minimum atomic E-state index is -0.834. The average Bonchev–Trinajstić information content (AvgIpc) is 3.05. The van der Waals surface area contributed by atoms with Crippen LogP contribution < -0.4 is 5.32 Å². The second-order valence-corrected chi connectivity index (χ2v) is 7.38. The normalized spacial score (nSPS) is 31.7. The van der Waals surface area contributed by atoms with E-state index in [0.29, 0.717) is 18.8 Å². The highest BCUT2D eigenvalue weighted by atomic mass is 32.1. The summed E-state index contributed by atoms with van der Waals surface area (Å²) in [6, 6.07) is 2.16. The van der Waals surface area contributed by atoms with Crippen LogP contribution in [0.2, 0.25) is 0 Å². The monoisotopic (exact) mass is 307 g/mol. The summed E-state index contributed by atoms with van der Waals surface area (Å²) in [5.74, 6) is -1.49. The summed E-state index contributed by atoms with van der Waals surface area (Å²) in [4.78, 5) is 25.2. The topological polar surface area (TPSA) is 66.4 Å². The average molecular weight is 307 g/mol. The van der Waals surface area contributed by atoms with Crippen LogP contribution in [0.4, 0.5) is 0 Å².